The summed E-state index contributed by atoms with van der Waals surface area (Å²) in [7, 11) is 0. The number of thioether (sulfide) groups is 1. The van der Waals surface area contributed by atoms with Gasteiger partial charge in [0.25, 0.3) is 5.91 Å². The van der Waals surface area contributed by atoms with Crippen molar-refractivity contribution in [3.8, 4) is 0 Å². The SMILES string of the molecule is C=C(SC(=CC)C(C)(C)C)C(=O)N1CCNC(=O)C1(C)C. The number of nitrogens with one attached hydrogen (secondary N) is 1. The monoisotopic (exact) mass is 310 g/mol. The van der Waals surface area contributed by atoms with Gasteiger partial charge in [0.2, 0.25) is 5.91 Å². The molecule has 0 aliphatic carbocycles. The Kier molecular flexibility index (Phi) is 5.31. The Hall–Kier alpha value is -1.23. The van der Waals surface area contributed by atoms with Crippen molar-refractivity contribution in [2.24, 2.45) is 5.41 Å². The van der Waals surface area contributed by atoms with Crippen LogP contribution in [0.2, 0.25) is 0 Å². The van der Waals surface area contributed by atoms with Gasteiger partial charge in [-0.25, -0.2) is 0 Å². The van der Waals surface area contributed by atoms with Gasteiger partial charge in [-0.3, -0.25) is 9.59 Å². The van der Waals surface area contributed by atoms with Gasteiger partial charge in [-0.05, 0) is 31.1 Å². The molecule has 1 heterocycles. The van der Waals surface area contributed by atoms with Crippen LogP contribution >= 0.6 is 11.8 Å². The van der Waals surface area contributed by atoms with E-state index in [-0.39, 0.29) is 17.2 Å². The standard InChI is InChI=1S/C16H26N2O2S/c1-8-12(15(3,4)5)21-11(2)13(19)18-10-9-17-14(20)16(18,6)7/h8H,2,9-10H2,1,3-7H3,(H,17,20). The summed E-state index contributed by atoms with van der Waals surface area (Å²) in [5.41, 5.74) is -0.867. The Balaban J connectivity index is 2.88. The molecule has 2 amide bonds. The first-order chi connectivity index (χ1) is 9.51. The van der Waals surface area contributed by atoms with Crippen LogP contribution in [0.3, 0.4) is 0 Å². The number of carbonyl (C=O) groups excluding carboxylic acids is 2. The lowest BCUT2D eigenvalue weighted by Gasteiger charge is -2.41. The molecular weight excluding hydrogens is 284 g/mol. The molecule has 1 rings (SSSR count). The van der Waals surface area contributed by atoms with Gasteiger partial charge < -0.3 is 10.2 Å². The highest BCUT2D eigenvalue weighted by Gasteiger charge is 2.41. The first kappa shape index (κ1) is 17.8. The largest absolute Gasteiger partial charge is 0.352 e. The average molecular weight is 310 g/mol. The highest BCUT2D eigenvalue weighted by atomic mass is 32.2. The van der Waals surface area contributed by atoms with Gasteiger partial charge in [0.1, 0.15) is 5.54 Å². The van der Waals surface area contributed by atoms with E-state index in [0.29, 0.717) is 18.0 Å². The summed E-state index contributed by atoms with van der Waals surface area (Å²) in [5, 5.41) is 2.79. The fraction of sp³-hybridized carbons (Fsp3) is 0.625. The fourth-order valence-corrected chi connectivity index (χ4v) is 3.11. The van der Waals surface area contributed by atoms with Crippen molar-refractivity contribution in [2.45, 2.75) is 47.1 Å². The summed E-state index contributed by atoms with van der Waals surface area (Å²) in [6, 6.07) is 0. The molecule has 0 unspecified atom stereocenters. The van der Waals surface area contributed by atoms with Crippen molar-refractivity contribution in [3.05, 3.63) is 22.5 Å². The van der Waals surface area contributed by atoms with Gasteiger partial charge in [-0.2, -0.15) is 0 Å². The van der Waals surface area contributed by atoms with Crippen LogP contribution in [-0.2, 0) is 9.59 Å². The Labute approximate surface area is 132 Å². The van der Waals surface area contributed by atoms with E-state index < -0.39 is 5.54 Å². The molecular formula is C16H26N2O2S. The topological polar surface area (TPSA) is 49.4 Å². The van der Waals surface area contributed by atoms with Gasteiger partial charge in [0.15, 0.2) is 0 Å². The fourth-order valence-electron chi connectivity index (χ4n) is 2.23. The molecule has 0 saturated carbocycles. The lowest BCUT2D eigenvalue weighted by molar-refractivity contribution is -0.146. The maximum absolute atomic E-state index is 12.6. The van der Waals surface area contributed by atoms with E-state index in [1.54, 1.807) is 18.7 Å². The number of rotatable bonds is 3. The number of piperazine rings is 1. The summed E-state index contributed by atoms with van der Waals surface area (Å²) in [4.78, 5) is 27.7. The molecule has 5 heteroatoms. The third-order valence-electron chi connectivity index (χ3n) is 3.57. The lowest BCUT2D eigenvalue weighted by Crippen LogP contribution is -2.63. The number of hydrogen-bond donors (Lipinski definition) is 1. The van der Waals surface area contributed by atoms with Gasteiger partial charge in [0, 0.05) is 13.1 Å². The summed E-state index contributed by atoms with van der Waals surface area (Å²) < 4.78 is 0. The number of allylic oxidation sites excluding steroid dienone is 2. The van der Waals surface area contributed by atoms with Crippen molar-refractivity contribution in [1.29, 1.82) is 0 Å². The molecule has 21 heavy (non-hydrogen) atoms. The normalized spacial score (nSPS) is 19.2. The van der Waals surface area contributed by atoms with Gasteiger partial charge >= 0.3 is 0 Å². The Bertz CT molecular complexity index is 487. The third-order valence-corrected chi connectivity index (χ3v) is 5.06. The smallest absolute Gasteiger partial charge is 0.260 e. The summed E-state index contributed by atoms with van der Waals surface area (Å²) in [5.74, 6) is -0.287. The molecule has 1 aliphatic rings. The summed E-state index contributed by atoms with van der Waals surface area (Å²) in [6.07, 6.45) is 2.01. The zero-order chi connectivity index (χ0) is 16.4. The summed E-state index contributed by atoms with van der Waals surface area (Å²) in [6.45, 7) is 16.7. The number of amides is 2. The maximum Gasteiger partial charge on any atom is 0.260 e. The maximum atomic E-state index is 12.6. The predicted molar refractivity (Wildman–Crippen MR) is 88.7 cm³/mol. The second kappa shape index (κ2) is 6.26. The zero-order valence-electron chi connectivity index (χ0n) is 13.9. The van der Waals surface area contributed by atoms with Gasteiger partial charge in [-0.1, -0.05) is 45.2 Å². The highest BCUT2D eigenvalue weighted by Crippen LogP contribution is 2.39. The van der Waals surface area contributed by atoms with Crippen LogP contribution in [-0.4, -0.2) is 35.3 Å². The van der Waals surface area contributed by atoms with Crippen molar-refractivity contribution < 1.29 is 9.59 Å². The average Bonchev–Trinajstić information content (AvgIpc) is 2.36. The second-order valence-corrected chi connectivity index (χ2v) is 7.84. The molecule has 0 bridgehead atoms. The van der Waals surface area contributed by atoms with Crippen molar-refractivity contribution in [2.75, 3.05) is 13.1 Å². The van der Waals surface area contributed by atoms with Gasteiger partial charge in [0.05, 0.1) is 4.91 Å². The van der Waals surface area contributed by atoms with Crippen LogP contribution < -0.4 is 5.32 Å². The highest BCUT2D eigenvalue weighted by molar-refractivity contribution is 8.07. The van der Waals surface area contributed by atoms with Crippen LogP contribution in [0, 0.1) is 5.41 Å². The van der Waals surface area contributed by atoms with Gasteiger partial charge in [-0.15, -0.1) is 0 Å². The first-order valence-electron chi connectivity index (χ1n) is 7.15. The third kappa shape index (κ3) is 3.90. The zero-order valence-corrected chi connectivity index (χ0v) is 14.7. The Morgan fingerprint density at radius 3 is 2.48 bits per heavy atom. The number of hydrogen-bond acceptors (Lipinski definition) is 3. The first-order valence-corrected chi connectivity index (χ1v) is 7.97. The molecule has 1 N–H and O–H groups in total. The van der Waals surface area contributed by atoms with E-state index in [9.17, 15) is 9.59 Å². The number of carbonyl (C=O) groups is 2. The minimum absolute atomic E-state index is 0.0303. The second-order valence-electron chi connectivity index (χ2n) is 6.70. The number of nitrogens with zero attached hydrogens (tertiary/aromatic N) is 1. The van der Waals surface area contributed by atoms with E-state index in [4.69, 9.17) is 0 Å². The van der Waals surface area contributed by atoms with E-state index in [1.807, 2.05) is 13.0 Å². The molecule has 4 nitrogen and oxygen atoms in total. The summed E-state index contributed by atoms with van der Waals surface area (Å²) >= 11 is 1.40. The predicted octanol–water partition coefficient (Wildman–Crippen LogP) is 2.92. The minimum atomic E-state index is -0.837. The molecule has 0 radical (unpaired) electrons. The van der Waals surface area contributed by atoms with E-state index in [0.717, 1.165) is 4.91 Å². The van der Waals surface area contributed by atoms with E-state index in [2.05, 4.69) is 32.7 Å². The molecule has 0 aromatic carbocycles. The molecule has 0 atom stereocenters. The molecule has 0 aromatic heterocycles. The molecule has 0 aromatic rings. The van der Waals surface area contributed by atoms with E-state index >= 15 is 0 Å². The molecule has 118 valence electrons. The molecule has 1 fully saturated rings. The Morgan fingerprint density at radius 2 is 2.00 bits per heavy atom. The lowest BCUT2D eigenvalue weighted by atomic mass is 9.96. The molecule has 1 saturated heterocycles. The van der Waals surface area contributed by atoms with Crippen molar-refractivity contribution in [1.82, 2.24) is 10.2 Å². The van der Waals surface area contributed by atoms with Crippen LogP contribution in [0.25, 0.3) is 0 Å². The van der Waals surface area contributed by atoms with Crippen molar-refractivity contribution in [3.63, 3.8) is 0 Å². The van der Waals surface area contributed by atoms with Crippen LogP contribution in [0.4, 0.5) is 0 Å². The molecule has 1 aliphatic heterocycles. The quantitative estimate of drug-likeness (QED) is 0.815. The van der Waals surface area contributed by atoms with Crippen LogP contribution in [0.1, 0.15) is 41.5 Å². The molecule has 0 spiro atoms. The van der Waals surface area contributed by atoms with Crippen LogP contribution in [0.5, 0.6) is 0 Å². The van der Waals surface area contributed by atoms with Crippen molar-refractivity contribution >= 4 is 23.6 Å². The van der Waals surface area contributed by atoms with E-state index in [1.165, 1.54) is 11.8 Å². The van der Waals surface area contributed by atoms with Crippen LogP contribution in [0.15, 0.2) is 22.5 Å². The minimum Gasteiger partial charge on any atom is -0.352 e. The Morgan fingerprint density at radius 1 is 1.43 bits per heavy atom.